The van der Waals surface area contributed by atoms with Crippen LogP contribution in [-0.2, 0) is 10.8 Å². The molecule has 0 heterocycles. The van der Waals surface area contributed by atoms with Crippen LogP contribution in [0.15, 0.2) is 23.1 Å². The van der Waals surface area contributed by atoms with E-state index in [2.05, 4.69) is 0 Å². The second kappa shape index (κ2) is 5.10. The summed E-state index contributed by atoms with van der Waals surface area (Å²) in [5.41, 5.74) is 7.21. The topological polar surface area (TPSA) is 43.1 Å². The highest BCUT2D eigenvalue weighted by Crippen LogP contribution is 2.18. The normalized spacial score (nSPS) is 12.7. The summed E-state index contributed by atoms with van der Waals surface area (Å²) in [5.74, 6) is 0.337. The third kappa shape index (κ3) is 2.80. The first kappa shape index (κ1) is 11.2. The van der Waals surface area contributed by atoms with Gasteiger partial charge in [-0.25, -0.2) is 0 Å². The van der Waals surface area contributed by atoms with E-state index in [-0.39, 0.29) is 0 Å². The van der Waals surface area contributed by atoms with Gasteiger partial charge in [-0.3, -0.25) is 8.60 Å². The van der Waals surface area contributed by atoms with Gasteiger partial charge in [-0.05, 0) is 31.0 Å². The summed E-state index contributed by atoms with van der Waals surface area (Å²) < 4.78 is 23.5. The standard InChI is InChI=1S/C10H14FNOS/c1-8-3-4-9(12)10(7-8)14(13)6-2-5-11/h3-4,7H,2,5-6,12H2,1H3. The summed E-state index contributed by atoms with van der Waals surface area (Å²) in [7, 11) is -1.17. The molecule has 0 saturated carbocycles. The molecule has 14 heavy (non-hydrogen) atoms. The number of rotatable bonds is 4. The van der Waals surface area contributed by atoms with Gasteiger partial charge in [0.15, 0.2) is 0 Å². The van der Waals surface area contributed by atoms with Crippen molar-refractivity contribution in [2.75, 3.05) is 18.2 Å². The summed E-state index contributed by atoms with van der Waals surface area (Å²) >= 11 is 0. The molecule has 0 fully saturated rings. The van der Waals surface area contributed by atoms with Crippen molar-refractivity contribution in [3.05, 3.63) is 23.8 Å². The minimum atomic E-state index is -1.17. The number of benzene rings is 1. The Morgan fingerprint density at radius 2 is 2.21 bits per heavy atom. The van der Waals surface area contributed by atoms with E-state index in [0.29, 0.717) is 22.8 Å². The van der Waals surface area contributed by atoms with E-state index < -0.39 is 17.5 Å². The average molecular weight is 215 g/mol. The second-order valence-electron chi connectivity index (χ2n) is 3.13. The van der Waals surface area contributed by atoms with E-state index in [1.807, 2.05) is 13.0 Å². The fourth-order valence-electron chi connectivity index (χ4n) is 1.13. The number of halogens is 1. The molecule has 4 heteroatoms. The van der Waals surface area contributed by atoms with Gasteiger partial charge in [0.1, 0.15) is 0 Å². The van der Waals surface area contributed by atoms with Crippen molar-refractivity contribution in [2.45, 2.75) is 18.2 Å². The molecule has 2 N–H and O–H groups in total. The van der Waals surface area contributed by atoms with Crippen LogP contribution in [0.1, 0.15) is 12.0 Å². The molecule has 0 radical (unpaired) electrons. The zero-order valence-corrected chi connectivity index (χ0v) is 8.94. The number of anilines is 1. The average Bonchev–Trinajstić information content (AvgIpc) is 2.18. The maximum Gasteiger partial charge on any atom is 0.0903 e. The maximum atomic E-state index is 11.9. The SMILES string of the molecule is Cc1ccc(N)c(S(=O)CCCF)c1. The summed E-state index contributed by atoms with van der Waals surface area (Å²) in [6.45, 7) is 1.48. The van der Waals surface area contributed by atoms with Gasteiger partial charge in [-0.1, -0.05) is 6.07 Å². The van der Waals surface area contributed by atoms with E-state index >= 15 is 0 Å². The highest BCUT2D eigenvalue weighted by atomic mass is 32.2. The van der Waals surface area contributed by atoms with Crippen LogP contribution in [0.5, 0.6) is 0 Å². The molecule has 0 aliphatic rings. The molecule has 0 saturated heterocycles. The van der Waals surface area contributed by atoms with E-state index in [4.69, 9.17) is 5.73 Å². The molecule has 2 nitrogen and oxygen atoms in total. The summed E-state index contributed by atoms with van der Waals surface area (Å²) in [5, 5.41) is 0. The minimum Gasteiger partial charge on any atom is -0.398 e. The number of hydrogen-bond acceptors (Lipinski definition) is 2. The Morgan fingerprint density at radius 1 is 1.50 bits per heavy atom. The maximum absolute atomic E-state index is 11.9. The monoisotopic (exact) mass is 215 g/mol. The second-order valence-corrected chi connectivity index (χ2v) is 4.67. The van der Waals surface area contributed by atoms with Crippen LogP contribution in [-0.4, -0.2) is 16.6 Å². The molecule has 1 atom stereocenters. The van der Waals surface area contributed by atoms with E-state index in [9.17, 15) is 8.60 Å². The van der Waals surface area contributed by atoms with Crippen molar-refractivity contribution < 1.29 is 8.60 Å². The van der Waals surface area contributed by atoms with Crippen molar-refractivity contribution in [1.82, 2.24) is 0 Å². The molecule has 0 amide bonds. The van der Waals surface area contributed by atoms with Gasteiger partial charge >= 0.3 is 0 Å². The van der Waals surface area contributed by atoms with Gasteiger partial charge in [0.2, 0.25) is 0 Å². The van der Waals surface area contributed by atoms with Crippen LogP contribution in [0.4, 0.5) is 10.1 Å². The number of aryl methyl sites for hydroxylation is 1. The van der Waals surface area contributed by atoms with Gasteiger partial charge < -0.3 is 5.73 Å². The van der Waals surface area contributed by atoms with E-state index in [1.165, 1.54) is 0 Å². The first-order chi connectivity index (χ1) is 6.65. The Bertz CT molecular complexity index is 341. The lowest BCUT2D eigenvalue weighted by molar-refractivity contribution is 0.488. The molecule has 1 unspecified atom stereocenters. The number of nitrogen functional groups attached to an aromatic ring is 1. The Morgan fingerprint density at radius 3 is 2.86 bits per heavy atom. The molecule has 1 rings (SSSR count). The van der Waals surface area contributed by atoms with Crippen molar-refractivity contribution in [3.8, 4) is 0 Å². The summed E-state index contributed by atoms with van der Waals surface area (Å²) in [4.78, 5) is 0.624. The van der Waals surface area contributed by atoms with Crippen LogP contribution in [0.25, 0.3) is 0 Å². The molecular formula is C10H14FNOS. The largest absolute Gasteiger partial charge is 0.398 e. The Labute approximate surface area is 85.8 Å². The smallest absolute Gasteiger partial charge is 0.0903 e. The predicted molar refractivity (Wildman–Crippen MR) is 57.5 cm³/mol. The molecule has 0 aliphatic carbocycles. The lowest BCUT2D eigenvalue weighted by Crippen LogP contribution is -2.03. The van der Waals surface area contributed by atoms with Gasteiger partial charge in [0, 0.05) is 11.4 Å². The van der Waals surface area contributed by atoms with Crippen LogP contribution in [0.2, 0.25) is 0 Å². The third-order valence-electron chi connectivity index (χ3n) is 1.88. The van der Waals surface area contributed by atoms with Gasteiger partial charge in [0.05, 0.1) is 22.4 Å². The number of hydrogen-bond donors (Lipinski definition) is 1. The highest BCUT2D eigenvalue weighted by molar-refractivity contribution is 7.85. The highest BCUT2D eigenvalue weighted by Gasteiger charge is 2.07. The van der Waals surface area contributed by atoms with E-state index in [0.717, 1.165) is 5.56 Å². The minimum absolute atomic E-state index is 0.319. The quantitative estimate of drug-likeness (QED) is 0.781. The molecule has 1 aromatic carbocycles. The lowest BCUT2D eigenvalue weighted by Gasteiger charge is -2.05. The Balaban J connectivity index is 2.83. The molecule has 0 aliphatic heterocycles. The molecule has 1 aromatic rings. The summed E-state index contributed by atoms with van der Waals surface area (Å²) in [6, 6.07) is 5.40. The van der Waals surface area contributed by atoms with Crippen LogP contribution in [0, 0.1) is 6.92 Å². The Hall–Kier alpha value is -0.900. The molecule has 0 aromatic heterocycles. The first-order valence-corrected chi connectivity index (χ1v) is 5.77. The van der Waals surface area contributed by atoms with Crippen LogP contribution in [0.3, 0.4) is 0 Å². The van der Waals surface area contributed by atoms with Crippen LogP contribution < -0.4 is 5.73 Å². The van der Waals surface area contributed by atoms with Crippen molar-refractivity contribution in [2.24, 2.45) is 0 Å². The first-order valence-electron chi connectivity index (χ1n) is 4.45. The zero-order valence-electron chi connectivity index (χ0n) is 8.13. The van der Waals surface area contributed by atoms with Gasteiger partial charge in [-0.15, -0.1) is 0 Å². The Kier molecular flexibility index (Phi) is 4.07. The van der Waals surface area contributed by atoms with Crippen LogP contribution >= 0.6 is 0 Å². The predicted octanol–water partition coefficient (Wildman–Crippen LogP) is 2.04. The van der Waals surface area contributed by atoms with Gasteiger partial charge in [-0.2, -0.15) is 0 Å². The van der Waals surface area contributed by atoms with Crippen molar-refractivity contribution in [1.29, 1.82) is 0 Å². The molecule has 78 valence electrons. The number of alkyl halides is 1. The molecule has 0 spiro atoms. The zero-order chi connectivity index (χ0) is 10.6. The fourth-order valence-corrected chi connectivity index (χ4v) is 2.37. The molecular weight excluding hydrogens is 201 g/mol. The fraction of sp³-hybridized carbons (Fsp3) is 0.400. The van der Waals surface area contributed by atoms with Crippen molar-refractivity contribution >= 4 is 16.5 Å². The third-order valence-corrected chi connectivity index (χ3v) is 3.38. The van der Waals surface area contributed by atoms with Gasteiger partial charge in [0.25, 0.3) is 0 Å². The molecule has 0 bridgehead atoms. The number of nitrogens with two attached hydrogens (primary N) is 1. The summed E-state index contributed by atoms with van der Waals surface area (Å²) in [6.07, 6.45) is 0.319. The van der Waals surface area contributed by atoms with E-state index in [1.54, 1.807) is 12.1 Å². The van der Waals surface area contributed by atoms with Crippen molar-refractivity contribution in [3.63, 3.8) is 0 Å². The lowest BCUT2D eigenvalue weighted by atomic mass is 10.2.